The third kappa shape index (κ3) is 2.68. The molecule has 0 aliphatic carbocycles. The van der Waals surface area contributed by atoms with Crippen molar-refractivity contribution >= 4 is 17.4 Å². The minimum absolute atomic E-state index is 0.203. The Labute approximate surface area is 104 Å². The predicted molar refractivity (Wildman–Crippen MR) is 64.8 cm³/mol. The molecule has 0 amide bonds. The first-order valence-corrected chi connectivity index (χ1v) is 5.61. The van der Waals surface area contributed by atoms with E-state index in [4.69, 9.17) is 20.8 Å². The van der Waals surface area contributed by atoms with Crippen LogP contribution in [0.2, 0.25) is 5.22 Å². The van der Waals surface area contributed by atoms with E-state index in [1.165, 1.54) is 0 Å². The number of hydrogen-bond donors (Lipinski definition) is 0. The Bertz CT molecular complexity index is 531. The number of rotatable bonds is 4. The van der Waals surface area contributed by atoms with Crippen LogP contribution in [-0.4, -0.2) is 12.4 Å². The Balaban J connectivity index is 2.27. The highest BCUT2D eigenvalue weighted by Gasteiger charge is 2.13. The molecule has 1 aromatic heterocycles. The third-order valence-electron chi connectivity index (χ3n) is 2.20. The van der Waals surface area contributed by atoms with Crippen molar-refractivity contribution in [3.63, 3.8) is 0 Å². The van der Waals surface area contributed by atoms with Gasteiger partial charge in [-0.2, -0.15) is 0 Å². The van der Waals surface area contributed by atoms with Crippen molar-refractivity contribution in [1.29, 1.82) is 0 Å². The Morgan fingerprint density at radius 1 is 1.35 bits per heavy atom. The van der Waals surface area contributed by atoms with E-state index in [1.807, 2.05) is 6.92 Å². The summed E-state index contributed by atoms with van der Waals surface area (Å²) in [6.07, 6.45) is 0. The SMILES string of the molecule is CCOc1cccc(C(=O)c2ccc(Cl)o2)c1. The average Bonchev–Trinajstić information content (AvgIpc) is 2.76. The minimum atomic E-state index is -0.210. The molecule has 0 fully saturated rings. The number of ether oxygens (including phenoxy) is 1. The van der Waals surface area contributed by atoms with Crippen molar-refractivity contribution in [3.8, 4) is 5.75 Å². The Hall–Kier alpha value is -1.74. The molecule has 0 N–H and O–H groups in total. The minimum Gasteiger partial charge on any atom is -0.494 e. The van der Waals surface area contributed by atoms with E-state index in [0.717, 1.165) is 0 Å². The van der Waals surface area contributed by atoms with Gasteiger partial charge in [-0.15, -0.1) is 0 Å². The summed E-state index contributed by atoms with van der Waals surface area (Å²) in [6, 6.07) is 10.1. The summed E-state index contributed by atoms with van der Waals surface area (Å²) in [5, 5.41) is 0.203. The smallest absolute Gasteiger partial charge is 0.228 e. The maximum Gasteiger partial charge on any atom is 0.228 e. The normalized spacial score (nSPS) is 10.2. The lowest BCUT2D eigenvalue weighted by Gasteiger charge is -2.04. The summed E-state index contributed by atoms with van der Waals surface area (Å²) >= 11 is 5.63. The molecule has 0 aliphatic heterocycles. The van der Waals surface area contributed by atoms with Gasteiger partial charge in [-0.05, 0) is 42.8 Å². The Kier molecular flexibility index (Phi) is 3.49. The molecular formula is C13H11ClO3. The van der Waals surface area contributed by atoms with Crippen molar-refractivity contribution < 1.29 is 13.9 Å². The summed E-state index contributed by atoms with van der Waals surface area (Å²) in [7, 11) is 0. The van der Waals surface area contributed by atoms with E-state index in [2.05, 4.69) is 0 Å². The van der Waals surface area contributed by atoms with Crippen LogP contribution in [-0.2, 0) is 0 Å². The second-order valence-corrected chi connectivity index (χ2v) is 3.77. The maximum absolute atomic E-state index is 12.0. The molecule has 0 bridgehead atoms. The number of carbonyl (C=O) groups excluding carboxylic acids is 1. The van der Waals surface area contributed by atoms with Crippen LogP contribution < -0.4 is 4.74 Å². The molecule has 0 atom stereocenters. The molecule has 0 unspecified atom stereocenters. The molecule has 2 aromatic rings. The van der Waals surface area contributed by atoms with E-state index in [-0.39, 0.29) is 16.8 Å². The van der Waals surface area contributed by atoms with Crippen LogP contribution in [0.5, 0.6) is 5.75 Å². The van der Waals surface area contributed by atoms with Gasteiger partial charge >= 0.3 is 0 Å². The fourth-order valence-corrected chi connectivity index (χ4v) is 1.62. The van der Waals surface area contributed by atoms with Gasteiger partial charge in [0.05, 0.1) is 6.61 Å². The topological polar surface area (TPSA) is 39.4 Å². The first kappa shape index (κ1) is 11.7. The van der Waals surface area contributed by atoms with Crippen LogP contribution in [0.3, 0.4) is 0 Å². The number of ketones is 1. The van der Waals surface area contributed by atoms with E-state index >= 15 is 0 Å². The predicted octanol–water partition coefficient (Wildman–Crippen LogP) is 3.56. The molecule has 0 spiro atoms. The van der Waals surface area contributed by atoms with Gasteiger partial charge in [0, 0.05) is 5.56 Å². The second kappa shape index (κ2) is 5.06. The maximum atomic E-state index is 12.0. The fourth-order valence-electron chi connectivity index (χ4n) is 1.47. The zero-order valence-corrected chi connectivity index (χ0v) is 10.0. The highest BCUT2D eigenvalue weighted by Crippen LogP contribution is 2.19. The lowest BCUT2D eigenvalue weighted by atomic mass is 10.1. The van der Waals surface area contributed by atoms with Gasteiger partial charge in [-0.1, -0.05) is 12.1 Å². The van der Waals surface area contributed by atoms with Gasteiger partial charge in [0.1, 0.15) is 5.75 Å². The van der Waals surface area contributed by atoms with Gasteiger partial charge in [0.25, 0.3) is 0 Å². The first-order valence-electron chi connectivity index (χ1n) is 5.23. The number of furan rings is 1. The number of halogens is 1. The van der Waals surface area contributed by atoms with E-state index in [1.54, 1.807) is 36.4 Å². The van der Waals surface area contributed by atoms with Crippen molar-refractivity contribution in [2.24, 2.45) is 0 Å². The standard InChI is InChI=1S/C13H11ClO3/c1-2-16-10-5-3-4-9(8-10)13(15)11-6-7-12(14)17-11/h3-8H,2H2,1H3. The zero-order valence-electron chi connectivity index (χ0n) is 9.27. The highest BCUT2D eigenvalue weighted by molar-refractivity contribution is 6.29. The number of benzene rings is 1. The molecule has 1 aromatic carbocycles. The van der Waals surface area contributed by atoms with Crippen LogP contribution in [0.15, 0.2) is 40.8 Å². The van der Waals surface area contributed by atoms with Gasteiger partial charge in [-0.3, -0.25) is 4.79 Å². The van der Waals surface area contributed by atoms with Crippen LogP contribution >= 0.6 is 11.6 Å². The summed E-state index contributed by atoms with van der Waals surface area (Å²) in [4.78, 5) is 12.0. The molecule has 4 heteroatoms. The number of carbonyl (C=O) groups is 1. The molecule has 3 nitrogen and oxygen atoms in total. The van der Waals surface area contributed by atoms with E-state index < -0.39 is 0 Å². The fraction of sp³-hybridized carbons (Fsp3) is 0.154. The molecule has 2 rings (SSSR count). The van der Waals surface area contributed by atoms with Crippen LogP contribution in [0.25, 0.3) is 0 Å². The van der Waals surface area contributed by atoms with Crippen molar-refractivity contribution in [3.05, 3.63) is 52.9 Å². The van der Waals surface area contributed by atoms with Crippen LogP contribution in [0.4, 0.5) is 0 Å². The van der Waals surface area contributed by atoms with Crippen LogP contribution in [0, 0.1) is 0 Å². The van der Waals surface area contributed by atoms with Gasteiger partial charge < -0.3 is 9.15 Å². The van der Waals surface area contributed by atoms with Gasteiger partial charge in [0.15, 0.2) is 11.0 Å². The highest BCUT2D eigenvalue weighted by atomic mass is 35.5. The van der Waals surface area contributed by atoms with E-state index in [9.17, 15) is 4.79 Å². The zero-order chi connectivity index (χ0) is 12.3. The van der Waals surface area contributed by atoms with E-state index in [0.29, 0.717) is 17.9 Å². The van der Waals surface area contributed by atoms with Crippen LogP contribution in [0.1, 0.15) is 23.0 Å². The quantitative estimate of drug-likeness (QED) is 0.779. The van der Waals surface area contributed by atoms with Crippen molar-refractivity contribution in [2.75, 3.05) is 6.61 Å². The molecule has 17 heavy (non-hydrogen) atoms. The molecule has 0 aliphatic rings. The summed E-state index contributed by atoms with van der Waals surface area (Å²) in [5.74, 6) is 0.679. The lowest BCUT2D eigenvalue weighted by Crippen LogP contribution is -2.00. The van der Waals surface area contributed by atoms with Crippen molar-refractivity contribution in [2.45, 2.75) is 6.92 Å². The van der Waals surface area contributed by atoms with Crippen molar-refractivity contribution in [1.82, 2.24) is 0 Å². The summed E-state index contributed by atoms with van der Waals surface area (Å²) in [5.41, 5.74) is 0.516. The second-order valence-electron chi connectivity index (χ2n) is 3.39. The largest absolute Gasteiger partial charge is 0.494 e. The number of hydrogen-bond acceptors (Lipinski definition) is 3. The molecule has 0 saturated carbocycles. The first-order chi connectivity index (χ1) is 8.20. The van der Waals surface area contributed by atoms with Gasteiger partial charge in [0.2, 0.25) is 5.78 Å². The molecule has 0 saturated heterocycles. The lowest BCUT2D eigenvalue weighted by molar-refractivity contribution is 0.101. The average molecular weight is 251 g/mol. The summed E-state index contributed by atoms with van der Waals surface area (Å²) in [6.45, 7) is 2.45. The molecule has 1 heterocycles. The Morgan fingerprint density at radius 2 is 2.18 bits per heavy atom. The van der Waals surface area contributed by atoms with Gasteiger partial charge in [-0.25, -0.2) is 0 Å². The Morgan fingerprint density at radius 3 is 2.82 bits per heavy atom. The third-order valence-corrected chi connectivity index (χ3v) is 2.41. The molecule has 88 valence electrons. The summed E-state index contributed by atoms with van der Waals surface area (Å²) < 4.78 is 10.4. The molecular weight excluding hydrogens is 240 g/mol. The monoisotopic (exact) mass is 250 g/mol. The molecule has 0 radical (unpaired) electrons.